The Morgan fingerprint density at radius 2 is 1.74 bits per heavy atom. The van der Waals surface area contributed by atoms with Crippen molar-refractivity contribution >= 4 is 16.8 Å². The second-order valence-electron chi connectivity index (χ2n) is 7.86. The molecule has 154 valence electrons. The lowest BCUT2D eigenvalue weighted by atomic mass is 10.0. The molecule has 0 spiro atoms. The van der Waals surface area contributed by atoms with Crippen LogP contribution in [0.3, 0.4) is 0 Å². The smallest absolute Gasteiger partial charge is 0.153 e. The Balaban J connectivity index is 1.44. The van der Waals surface area contributed by atoms with Gasteiger partial charge in [0.1, 0.15) is 17.6 Å². The first-order chi connectivity index (χ1) is 15.1. The molecule has 0 unspecified atom stereocenters. The highest BCUT2D eigenvalue weighted by Crippen LogP contribution is 2.34. The summed E-state index contributed by atoms with van der Waals surface area (Å²) < 4.78 is 20.1. The first kappa shape index (κ1) is 19.3. The Morgan fingerprint density at radius 3 is 2.48 bits per heavy atom. The summed E-state index contributed by atoms with van der Waals surface area (Å²) in [6.07, 6.45) is 3.27. The number of nitrogens with zero attached hydrogens (tertiary/aromatic N) is 4. The average Bonchev–Trinajstić information content (AvgIpc) is 3.23. The predicted molar refractivity (Wildman–Crippen MR) is 119 cm³/mol. The number of rotatable bonds is 3. The van der Waals surface area contributed by atoms with Crippen molar-refractivity contribution in [1.82, 2.24) is 9.88 Å². The van der Waals surface area contributed by atoms with Crippen LogP contribution in [0.25, 0.3) is 33.4 Å². The van der Waals surface area contributed by atoms with Gasteiger partial charge in [0, 0.05) is 54.8 Å². The predicted octanol–water partition coefficient (Wildman–Crippen LogP) is 4.92. The first-order valence-electron chi connectivity index (χ1n) is 10.2. The Morgan fingerprint density at radius 1 is 0.968 bits per heavy atom. The molecule has 0 amide bonds. The summed E-state index contributed by atoms with van der Waals surface area (Å²) in [5.74, 6) is -0.410. The van der Waals surface area contributed by atoms with Crippen molar-refractivity contribution in [2.45, 2.75) is 0 Å². The van der Waals surface area contributed by atoms with E-state index in [0.29, 0.717) is 27.8 Å². The molecule has 2 aromatic carbocycles. The molecule has 0 saturated carbocycles. The third-order valence-corrected chi connectivity index (χ3v) is 5.87. The summed E-state index contributed by atoms with van der Waals surface area (Å²) in [6, 6.07) is 16.7. The highest BCUT2D eigenvalue weighted by Gasteiger charge is 2.16. The molecule has 1 aliphatic rings. The van der Waals surface area contributed by atoms with Gasteiger partial charge >= 0.3 is 0 Å². The maximum Gasteiger partial charge on any atom is 0.153 e. The van der Waals surface area contributed by atoms with Gasteiger partial charge in [-0.25, -0.2) is 4.39 Å². The molecule has 1 aliphatic heterocycles. The van der Waals surface area contributed by atoms with Crippen molar-refractivity contribution in [1.29, 1.82) is 5.26 Å². The van der Waals surface area contributed by atoms with Crippen LogP contribution >= 0.6 is 0 Å². The number of piperazine rings is 1. The van der Waals surface area contributed by atoms with Gasteiger partial charge in [-0.1, -0.05) is 12.1 Å². The number of aromatic nitrogens is 1. The summed E-state index contributed by atoms with van der Waals surface area (Å²) in [6.45, 7) is 4.20. The third-order valence-electron chi connectivity index (χ3n) is 5.87. The fourth-order valence-electron chi connectivity index (χ4n) is 3.99. The van der Waals surface area contributed by atoms with Gasteiger partial charge in [-0.05, 0) is 49.0 Å². The van der Waals surface area contributed by atoms with E-state index in [9.17, 15) is 4.39 Å². The Kier molecular flexibility index (Phi) is 4.89. The molecule has 5 nitrogen and oxygen atoms in total. The van der Waals surface area contributed by atoms with Crippen molar-refractivity contribution in [2.24, 2.45) is 0 Å². The van der Waals surface area contributed by atoms with Gasteiger partial charge in [-0.3, -0.25) is 4.98 Å². The summed E-state index contributed by atoms with van der Waals surface area (Å²) in [5, 5.41) is 9.12. The van der Waals surface area contributed by atoms with Gasteiger partial charge < -0.3 is 14.2 Å². The fourth-order valence-corrected chi connectivity index (χ4v) is 3.99. The van der Waals surface area contributed by atoms with Crippen LogP contribution in [-0.4, -0.2) is 43.1 Å². The molecule has 31 heavy (non-hydrogen) atoms. The van der Waals surface area contributed by atoms with Gasteiger partial charge in [-0.2, -0.15) is 5.26 Å². The van der Waals surface area contributed by atoms with Crippen molar-refractivity contribution in [3.8, 4) is 28.3 Å². The van der Waals surface area contributed by atoms with Crippen molar-refractivity contribution in [3.05, 3.63) is 72.4 Å². The van der Waals surface area contributed by atoms with Gasteiger partial charge in [0.15, 0.2) is 5.58 Å². The van der Waals surface area contributed by atoms with Crippen LogP contribution in [0.2, 0.25) is 0 Å². The number of nitriles is 1. The Bertz CT molecular complexity index is 1280. The zero-order valence-electron chi connectivity index (χ0n) is 17.2. The topological polar surface area (TPSA) is 56.3 Å². The molecule has 0 atom stereocenters. The van der Waals surface area contributed by atoms with E-state index in [2.05, 4.69) is 46.1 Å². The van der Waals surface area contributed by atoms with E-state index >= 15 is 0 Å². The van der Waals surface area contributed by atoms with E-state index in [1.54, 1.807) is 6.20 Å². The van der Waals surface area contributed by atoms with Crippen molar-refractivity contribution in [2.75, 3.05) is 38.1 Å². The number of fused-ring (bicyclic) bond motifs is 1. The van der Waals surface area contributed by atoms with Gasteiger partial charge in [0.05, 0.1) is 11.6 Å². The molecule has 5 rings (SSSR count). The Hall–Kier alpha value is -3.69. The maximum atomic E-state index is 14.4. The zero-order chi connectivity index (χ0) is 21.4. The minimum atomic E-state index is -0.410. The molecule has 0 N–H and O–H groups in total. The normalized spacial score (nSPS) is 14.7. The van der Waals surface area contributed by atoms with E-state index in [4.69, 9.17) is 9.68 Å². The molecular formula is C25H21FN4O. The number of anilines is 1. The van der Waals surface area contributed by atoms with Crippen molar-refractivity contribution in [3.63, 3.8) is 0 Å². The maximum absolute atomic E-state index is 14.4. The van der Waals surface area contributed by atoms with Crippen LogP contribution in [0.4, 0.5) is 10.1 Å². The summed E-state index contributed by atoms with van der Waals surface area (Å²) in [4.78, 5) is 9.29. The van der Waals surface area contributed by atoms with E-state index in [0.717, 1.165) is 37.3 Å². The van der Waals surface area contributed by atoms with E-state index in [-0.39, 0.29) is 0 Å². The molecule has 4 aromatic rings. The summed E-state index contributed by atoms with van der Waals surface area (Å²) in [7, 11) is 2.15. The van der Waals surface area contributed by atoms with E-state index in [1.807, 2.05) is 12.1 Å². The second kappa shape index (κ2) is 7.86. The lowest BCUT2D eigenvalue weighted by molar-refractivity contribution is 0.313. The lowest BCUT2D eigenvalue weighted by Crippen LogP contribution is -2.44. The lowest BCUT2D eigenvalue weighted by Gasteiger charge is -2.34. The SMILES string of the molecule is CN1CCN(c2ccc(-c3cnc4c(-c5cc(C#N)ccc5F)coc4c3)cc2)CC1. The van der Waals surface area contributed by atoms with Crippen LogP contribution in [0, 0.1) is 17.1 Å². The number of likely N-dealkylation sites (N-methyl/N-ethyl adjacent to an activating group) is 1. The molecule has 1 saturated heterocycles. The van der Waals surface area contributed by atoms with Crippen LogP contribution in [0.5, 0.6) is 0 Å². The minimum Gasteiger partial charge on any atom is -0.462 e. The van der Waals surface area contributed by atoms with Gasteiger partial charge in [0.2, 0.25) is 0 Å². The monoisotopic (exact) mass is 412 g/mol. The number of furan rings is 1. The number of benzene rings is 2. The van der Waals surface area contributed by atoms with E-state index < -0.39 is 5.82 Å². The quantitative estimate of drug-likeness (QED) is 0.478. The summed E-state index contributed by atoms with van der Waals surface area (Å²) in [5.41, 5.74) is 5.61. The van der Waals surface area contributed by atoms with Crippen LogP contribution < -0.4 is 4.90 Å². The molecule has 0 radical (unpaired) electrons. The second-order valence-corrected chi connectivity index (χ2v) is 7.86. The van der Waals surface area contributed by atoms with Crippen LogP contribution in [0.1, 0.15) is 5.56 Å². The van der Waals surface area contributed by atoms with E-state index in [1.165, 1.54) is 30.1 Å². The number of hydrogen-bond acceptors (Lipinski definition) is 5. The highest BCUT2D eigenvalue weighted by atomic mass is 19.1. The third kappa shape index (κ3) is 3.65. The van der Waals surface area contributed by atoms with Crippen molar-refractivity contribution < 1.29 is 8.81 Å². The minimum absolute atomic E-state index is 0.314. The molecule has 0 bridgehead atoms. The number of hydrogen-bond donors (Lipinski definition) is 0. The molecule has 6 heteroatoms. The molecule has 1 fully saturated rings. The summed E-state index contributed by atoms with van der Waals surface area (Å²) >= 11 is 0. The fraction of sp³-hybridized carbons (Fsp3) is 0.200. The molecule has 2 aromatic heterocycles. The highest BCUT2D eigenvalue weighted by molar-refractivity contribution is 5.93. The van der Waals surface area contributed by atoms with Crippen LogP contribution in [0.15, 0.2) is 65.4 Å². The average molecular weight is 412 g/mol. The van der Waals surface area contributed by atoms with Gasteiger partial charge in [0.25, 0.3) is 0 Å². The Labute approximate surface area is 180 Å². The number of halogens is 1. The van der Waals surface area contributed by atoms with Gasteiger partial charge in [-0.15, -0.1) is 0 Å². The largest absolute Gasteiger partial charge is 0.462 e. The first-order valence-corrected chi connectivity index (χ1v) is 10.2. The molecule has 0 aliphatic carbocycles. The standard InChI is InChI=1S/C25H21FN4O/c1-29-8-10-30(11-9-29)20-5-3-18(4-6-20)19-13-24-25(28-15-19)22(16-31-24)21-12-17(14-27)2-7-23(21)26/h2-7,12-13,15-16H,8-11H2,1H3. The number of pyridine rings is 1. The molecule has 3 heterocycles. The zero-order valence-corrected chi connectivity index (χ0v) is 17.2. The molecular weight excluding hydrogens is 391 g/mol. The van der Waals surface area contributed by atoms with Crippen LogP contribution in [-0.2, 0) is 0 Å².